The average Bonchev–Trinajstić information content (AvgIpc) is 3.32. The molecule has 2 fully saturated rings. The minimum Gasteiger partial charge on any atom is -0.465 e. The Morgan fingerprint density at radius 3 is 2.33 bits per heavy atom. The molecule has 2 aliphatic rings. The number of amides is 3. The van der Waals surface area contributed by atoms with Gasteiger partial charge in [-0.3, -0.25) is 14.5 Å². The quantitative estimate of drug-likeness (QED) is 0.738. The number of rotatable bonds is 5. The van der Waals surface area contributed by atoms with Crippen LogP contribution in [-0.4, -0.2) is 64.5 Å². The molecule has 2 N–H and O–H groups in total. The Bertz CT molecular complexity index is 709. The number of halogens is 1. The van der Waals surface area contributed by atoms with Crippen LogP contribution in [0.15, 0.2) is 28.7 Å². The topological polar surface area (TPSA) is 90.0 Å². The standard InChI is InChI=1S/C19H24BrN3O4/c20-14-7-5-13(6-8-14)9-10-21-17(24)15-3-1-11-22(15)18(25)16-4-2-12-23(16)19(26)27/h5-8,15-16H,1-4,9-12H2,(H,21,24)(H,26,27). The Labute approximate surface area is 166 Å². The summed E-state index contributed by atoms with van der Waals surface area (Å²) in [6.45, 7) is 1.39. The van der Waals surface area contributed by atoms with Gasteiger partial charge < -0.3 is 15.3 Å². The van der Waals surface area contributed by atoms with Crippen LogP contribution in [0.2, 0.25) is 0 Å². The van der Waals surface area contributed by atoms with Crippen LogP contribution in [0.3, 0.4) is 0 Å². The number of benzene rings is 1. The first-order valence-electron chi connectivity index (χ1n) is 9.29. The molecular formula is C19H24BrN3O4. The third-order valence-electron chi connectivity index (χ3n) is 5.25. The molecule has 2 heterocycles. The number of hydrogen-bond donors (Lipinski definition) is 2. The lowest BCUT2D eigenvalue weighted by molar-refractivity contribution is -0.141. The fourth-order valence-corrected chi connectivity index (χ4v) is 4.11. The average molecular weight is 438 g/mol. The molecule has 0 saturated carbocycles. The summed E-state index contributed by atoms with van der Waals surface area (Å²) >= 11 is 3.40. The third-order valence-corrected chi connectivity index (χ3v) is 5.78. The van der Waals surface area contributed by atoms with E-state index in [1.807, 2.05) is 24.3 Å². The van der Waals surface area contributed by atoms with Crippen LogP contribution in [0, 0.1) is 0 Å². The van der Waals surface area contributed by atoms with Gasteiger partial charge in [0, 0.05) is 24.1 Å². The van der Waals surface area contributed by atoms with Gasteiger partial charge in [0.15, 0.2) is 0 Å². The van der Waals surface area contributed by atoms with Gasteiger partial charge in [0.2, 0.25) is 11.8 Å². The van der Waals surface area contributed by atoms with Crippen LogP contribution in [0.1, 0.15) is 31.2 Å². The number of hydrogen-bond acceptors (Lipinski definition) is 3. The highest BCUT2D eigenvalue weighted by atomic mass is 79.9. The second kappa shape index (κ2) is 8.73. The smallest absolute Gasteiger partial charge is 0.407 e. The maximum Gasteiger partial charge on any atom is 0.407 e. The summed E-state index contributed by atoms with van der Waals surface area (Å²) in [5, 5.41) is 12.2. The van der Waals surface area contributed by atoms with E-state index in [9.17, 15) is 19.5 Å². The van der Waals surface area contributed by atoms with Crippen LogP contribution < -0.4 is 5.32 Å². The van der Waals surface area contributed by atoms with Crippen molar-refractivity contribution in [1.29, 1.82) is 0 Å². The zero-order valence-corrected chi connectivity index (χ0v) is 16.7. The summed E-state index contributed by atoms with van der Waals surface area (Å²) < 4.78 is 1.01. The van der Waals surface area contributed by atoms with Gasteiger partial charge in [-0.25, -0.2) is 4.79 Å². The van der Waals surface area contributed by atoms with Gasteiger partial charge in [-0.05, 0) is 49.8 Å². The largest absolute Gasteiger partial charge is 0.465 e. The van der Waals surface area contributed by atoms with Gasteiger partial charge >= 0.3 is 6.09 Å². The second-order valence-corrected chi connectivity index (χ2v) is 7.91. The maximum absolute atomic E-state index is 12.8. The van der Waals surface area contributed by atoms with E-state index >= 15 is 0 Å². The Hall–Kier alpha value is -2.09. The molecule has 2 unspecified atom stereocenters. The van der Waals surface area contributed by atoms with Crippen LogP contribution >= 0.6 is 15.9 Å². The SMILES string of the molecule is O=C(NCCc1ccc(Br)cc1)C1CCCN1C(=O)C1CCCN1C(=O)O. The van der Waals surface area contributed by atoms with Crippen molar-refractivity contribution in [2.75, 3.05) is 19.6 Å². The Morgan fingerprint density at radius 1 is 1.04 bits per heavy atom. The molecule has 0 aromatic heterocycles. The normalized spacial score (nSPS) is 22.1. The van der Waals surface area contributed by atoms with Crippen molar-refractivity contribution in [3.05, 3.63) is 34.3 Å². The molecule has 2 atom stereocenters. The Balaban J connectivity index is 1.55. The molecule has 3 amide bonds. The highest BCUT2D eigenvalue weighted by Gasteiger charge is 2.41. The van der Waals surface area contributed by atoms with Crippen LogP contribution in [0.4, 0.5) is 4.79 Å². The number of carbonyl (C=O) groups excluding carboxylic acids is 2. The zero-order valence-electron chi connectivity index (χ0n) is 15.1. The molecule has 2 aliphatic heterocycles. The third kappa shape index (κ3) is 4.61. The fourth-order valence-electron chi connectivity index (χ4n) is 3.85. The lowest BCUT2D eigenvalue weighted by Gasteiger charge is -2.29. The van der Waals surface area contributed by atoms with Gasteiger partial charge in [-0.2, -0.15) is 0 Å². The Kier molecular flexibility index (Phi) is 6.36. The number of likely N-dealkylation sites (tertiary alicyclic amines) is 2. The summed E-state index contributed by atoms with van der Waals surface area (Å²) in [6.07, 6.45) is 2.24. The minimum absolute atomic E-state index is 0.155. The number of carboxylic acid groups (broad SMARTS) is 1. The van der Waals surface area contributed by atoms with E-state index in [1.165, 1.54) is 4.90 Å². The van der Waals surface area contributed by atoms with Crippen molar-refractivity contribution in [3.8, 4) is 0 Å². The lowest BCUT2D eigenvalue weighted by Crippen LogP contribution is -2.52. The predicted octanol–water partition coefficient (Wildman–Crippen LogP) is 2.24. The molecule has 8 heteroatoms. The summed E-state index contributed by atoms with van der Waals surface area (Å²) in [6, 6.07) is 6.77. The number of nitrogens with zero attached hydrogens (tertiary/aromatic N) is 2. The molecule has 3 rings (SSSR count). The second-order valence-electron chi connectivity index (χ2n) is 6.99. The molecule has 1 aromatic rings. The van der Waals surface area contributed by atoms with Crippen molar-refractivity contribution < 1.29 is 19.5 Å². The van der Waals surface area contributed by atoms with Gasteiger partial charge in [0.1, 0.15) is 12.1 Å². The number of carbonyl (C=O) groups is 3. The van der Waals surface area contributed by atoms with Gasteiger partial charge in [-0.15, -0.1) is 0 Å². The molecular weight excluding hydrogens is 414 g/mol. The van der Waals surface area contributed by atoms with Crippen LogP contribution in [-0.2, 0) is 16.0 Å². The van der Waals surface area contributed by atoms with Crippen molar-refractivity contribution in [3.63, 3.8) is 0 Å². The van der Waals surface area contributed by atoms with E-state index in [4.69, 9.17) is 0 Å². The van der Waals surface area contributed by atoms with Crippen molar-refractivity contribution >= 4 is 33.8 Å². The molecule has 146 valence electrons. The van der Waals surface area contributed by atoms with E-state index in [-0.39, 0.29) is 11.8 Å². The highest BCUT2D eigenvalue weighted by Crippen LogP contribution is 2.25. The first kappa shape index (κ1) is 19.7. The van der Waals surface area contributed by atoms with Crippen molar-refractivity contribution in [1.82, 2.24) is 15.1 Å². The molecule has 27 heavy (non-hydrogen) atoms. The molecule has 2 saturated heterocycles. The first-order valence-corrected chi connectivity index (χ1v) is 10.1. The van der Waals surface area contributed by atoms with Crippen LogP contribution in [0.5, 0.6) is 0 Å². The van der Waals surface area contributed by atoms with E-state index < -0.39 is 18.2 Å². The van der Waals surface area contributed by atoms with E-state index in [0.29, 0.717) is 38.9 Å². The van der Waals surface area contributed by atoms with E-state index in [0.717, 1.165) is 22.9 Å². The van der Waals surface area contributed by atoms with E-state index in [1.54, 1.807) is 4.90 Å². The number of nitrogens with one attached hydrogen (secondary N) is 1. The van der Waals surface area contributed by atoms with Crippen molar-refractivity contribution in [2.45, 2.75) is 44.2 Å². The lowest BCUT2D eigenvalue weighted by atomic mass is 10.1. The molecule has 7 nitrogen and oxygen atoms in total. The molecule has 0 spiro atoms. The van der Waals surface area contributed by atoms with Gasteiger partial charge in [0.05, 0.1) is 0 Å². The first-order chi connectivity index (χ1) is 13.0. The Morgan fingerprint density at radius 2 is 1.67 bits per heavy atom. The van der Waals surface area contributed by atoms with Crippen LogP contribution in [0.25, 0.3) is 0 Å². The summed E-state index contributed by atoms with van der Waals surface area (Å²) in [4.78, 5) is 39.5. The molecule has 0 bridgehead atoms. The minimum atomic E-state index is -1.07. The summed E-state index contributed by atoms with van der Waals surface area (Å²) in [5.41, 5.74) is 1.13. The van der Waals surface area contributed by atoms with Gasteiger partial charge in [0.25, 0.3) is 0 Å². The summed E-state index contributed by atoms with van der Waals surface area (Å²) in [7, 11) is 0. The zero-order chi connectivity index (χ0) is 19.4. The van der Waals surface area contributed by atoms with Gasteiger partial charge in [-0.1, -0.05) is 28.1 Å². The molecule has 0 radical (unpaired) electrons. The van der Waals surface area contributed by atoms with Crippen molar-refractivity contribution in [2.24, 2.45) is 0 Å². The monoisotopic (exact) mass is 437 g/mol. The molecule has 0 aliphatic carbocycles. The van der Waals surface area contributed by atoms with E-state index in [2.05, 4.69) is 21.2 Å². The predicted molar refractivity (Wildman–Crippen MR) is 103 cm³/mol. The maximum atomic E-state index is 12.8. The highest BCUT2D eigenvalue weighted by molar-refractivity contribution is 9.10. The molecule has 1 aromatic carbocycles. The fraction of sp³-hybridized carbons (Fsp3) is 0.526. The summed E-state index contributed by atoms with van der Waals surface area (Å²) in [5.74, 6) is -0.390.